The second-order valence-corrected chi connectivity index (χ2v) is 6.83. The average molecular weight is 349 g/mol. The molecule has 4 rings (SSSR count). The summed E-state index contributed by atoms with van der Waals surface area (Å²) in [5.41, 5.74) is 3.76. The molecule has 6 heteroatoms. The molecule has 2 aromatic rings. The van der Waals surface area contributed by atoms with Gasteiger partial charge in [-0.1, -0.05) is 42.5 Å². The predicted octanol–water partition coefficient (Wildman–Crippen LogP) is 3.09. The molecule has 6 nitrogen and oxygen atoms in total. The Hall–Kier alpha value is -3.15. The number of carbonyl (C=O) groups is 1. The highest BCUT2D eigenvalue weighted by molar-refractivity contribution is 5.85. The van der Waals surface area contributed by atoms with Crippen molar-refractivity contribution in [1.82, 2.24) is 0 Å². The Kier molecular flexibility index (Phi) is 3.76. The van der Waals surface area contributed by atoms with Crippen molar-refractivity contribution in [2.75, 3.05) is 5.32 Å². The van der Waals surface area contributed by atoms with Crippen LogP contribution >= 0.6 is 0 Å². The number of allylic oxidation sites excluding steroid dienone is 2. The highest BCUT2D eigenvalue weighted by Gasteiger charge is 2.42. The van der Waals surface area contributed by atoms with Crippen molar-refractivity contribution in [2.24, 2.45) is 5.92 Å². The molecular formula is C20H17N2O4-. The highest BCUT2D eigenvalue weighted by Crippen LogP contribution is 2.53. The van der Waals surface area contributed by atoms with Crippen LogP contribution in [0.25, 0.3) is 0 Å². The Labute approximate surface area is 150 Å². The second kappa shape index (κ2) is 5.98. The van der Waals surface area contributed by atoms with Crippen LogP contribution in [0.2, 0.25) is 0 Å². The molecule has 0 bridgehead atoms. The minimum absolute atomic E-state index is 0.0302. The fourth-order valence-electron chi connectivity index (χ4n) is 4.15. The fourth-order valence-corrected chi connectivity index (χ4v) is 4.15. The quantitative estimate of drug-likeness (QED) is 0.522. The molecule has 0 saturated carbocycles. The van der Waals surface area contributed by atoms with Crippen molar-refractivity contribution >= 4 is 17.3 Å². The molecule has 26 heavy (non-hydrogen) atoms. The molecule has 1 N–H and O–H groups in total. The summed E-state index contributed by atoms with van der Waals surface area (Å²) in [5.74, 6) is -1.08. The van der Waals surface area contributed by atoms with Gasteiger partial charge in [-0.15, -0.1) is 0 Å². The number of nitrogens with zero attached hydrogens (tertiary/aromatic N) is 1. The summed E-state index contributed by atoms with van der Waals surface area (Å²) in [6, 6.07) is 9.96. The number of carboxylic acids is 1. The second-order valence-electron chi connectivity index (χ2n) is 6.83. The van der Waals surface area contributed by atoms with Crippen LogP contribution in [0.15, 0.2) is 48.6 Å². The van der Waals surface area contributed by atoms with Crippen LogP contribution in [0, 0.1) is 23.0 Å². The molecule has 0 spiro atoms. The number of rotatable bonds is 3. The number of hydrogen-bond acceptors (Lipinski definition) is 5. The van der Waals surface area contributed by atoms with E-state index in [0.29, 0.717) is 0 Å². The molecule has 1 aliphatic carbocycles. The fraction of sp³-hybridized carbons (Fsp3) is 0.250. The monoisotopic (exact) mass is 349 g/mol. The number of nitro benzene ring substituents is 1. The summed E-state index contributed by atoms with van der Waals surface area (Å²) >= 11 is 0. The zero-order valence-electron chi connectivity index (χ0n) is 14.1. The maximum Gasteiger partial charge on any atom is 0.275 e. The van der Waals surface area contributed by atoms with Gasteiger partial charge in [0.15, 0.2) is 0 Å². The molecular weight excluding hydrogens is 332 g/mol. The summed E-state index contributed by atoms with van der Waals surface area (Å²) in [6.07, 6.45) is 4.94. The Balaban J connectivity index is 1.81. The number of aryl methyl sites for hydroxylation is 1. The number of anilines is 1. The van der Waals surface area contributed by atoms with Crippen LogP contribution in [0.1, 0.15) is 45.4 Å². The minimum Gasteiger partial charge on any atom is -0.545 e. The number of carboxylic acid groups (broad SMARTS) is 1. The van der Waals surface area contributed by atoms with Gasteiger partial charge in [0.2, 0.25) is 0 Å². The number of benzene rings is 2. The Morgan fingerprint density at radius 1 is 1.19 bits per heavy atom. The van der Waals surface area contributed by atoms with Crippen LogP contribution < -0.4 is 10.4 Å². The number of fused-ring (bicyclic) bond motifs is 3. The third-order valence-electron chi connectivity index (χ3n) is 5.41. The van der Waals surface area contributed by atoms with E-state index >= 15 is 0 Å². The van der Waals surface area contributed by atoms with Crippen LogP contribution in [0.5, 0.6) is 0 Å². The Bertz CT molecular complexity index is 934. The maximum atomic E-state index is 11.5. The first kappa shape index (κ1) is 16.3. The number of hydrogen-bond donors (Lipinski definition) is 1. The molecule has 0 amide bonds. The lowest BCUT2D eigenvalue weighted by molar-refractivity contribution is -0.385. The SMILES string of the molecule is Cc1ccc([N+](=O)[O-])c2c1N[C@H](c1ccc(C(=O)[O-])cc1)[C@@H]1CC=C[C@@H]21. The molecule has 3 atom stereocenters. The van der Waals surface area contributed by atoms with Crippen molar-refractivity contribution in [1.29, 1.82) is 0 Å². The van der Waals surface area contributed by atoms with Crippen LogP contribution in [-0.4, -0.2) is 10.9 Å². The van der Waals surface area contributed by atoms with E-state index in [1.54, 1.807) is 36.4 Å². The summed E-state index contributed by atoms with van der Waals surface area (Å²) in [7, 11) is 0. The maximum absolute atomic E-state index is 11.5. The van der Waals surface area contributed by atoms with Crippen molar-refractivity contribution in [3.8, 4) is 0 Å². The average Bonchev–Trinajstić information content (AvgIpc) is 3.11. The first-order valence-electron chi connectivity index (χ1n) is 8.49. The van der Waals surface area contributed by atoms with Crippen molar-refractivity contribution in [3.05, 3.63) is 80.9 Å². The number of aromatic carboxylic acids is 1. The van der Waals surface area contributed by atoms with Crippen LogP contribution in [0.3, 0.4) is 0 Å². The summed E-state index contributed by atoms with van der Waals surface area (Å²) in [5, 5.41) is 26.0. The van der Waals surface area contributed by atoms with Crippen molar-refractivity contribution in [2.45, 2.75) is 25.3 Å². The third kappa shape index (κ3) is 2.45. The standard InChI is InChI=1S/C20H18N2O4/c1-11-5-10-16(22(25)26)17-14-3-2-4-15(14)19(21-18(11)17)12-6-8-13(9-7-12)20(23)24/h2-3,5-10,14-15,19,21H,4H2,1H3,(H,23,24)/p-1/t14-,15-,19-/m1/s1. The molecule has 0 unspecified atom stereocenters. The molecule has 0 saturated heterocycles. The lowest BCUT2D eigenvalue weighted by Gasteiger charge is -2.38. The van der Waals surface area contributed by atoms with E-state index in [9.17, 15) is 20.0 Å². The van der Waals surface area contributed by atoms with Gasteiger partial charge in [-0.25, -0.2) is 0 Å². The van der Waals surface area contributed by atoms with Gasteiger partial charge in [0, 0.05) is 17.7 Å². The molecule has 0 aromatic heterocycles. The minimum atomic E-state index is -1.20. The first-order valence-corrected chi connectivity index (χ1v) is 8.49. The van der Waals surface area contributed by atoms with Gasteiger partial charge >= 0.3 is 0 Å². The molecule has 2 aliphatic rings. The van der Waals surface area contributed by atoms with E-state index in [1.165, 1.54) is 0 Å². The van der Waals surface area contributed by atoms with E-state index in [2.05, 4.69) is 17.5 Å². The van der Waals surface area contributed by atoms with Gasteiger partial charge in [0.05, 0.1) is 22.5 Å². The van der Waals surface area contributed by atoms with E-state index in [-0.39, 0.29) is 34.1 Å². The predicted molar refractivity (Wildman–Crippen MR) is 95.0 cm³/mol. The van der Waals surface area contributed by atoms with Crippen LogP contribution in [0.4, 0.5) is 11.4 Å². The van der Waals surface area contributed by atoms with Gasteiger partial charge < -0.3 is 15.2 Å². The summed E-state index contributed by atoms with van der Waals surface area (Å²) in [6.45, 7) is 1.94. The molecule has 132 valence electrons. The van der Waals surface area contributed by atoms with Gasteiger partial charge in [0.25, 0.3) is 5.69 Å². The molecule has 1 heterocycles. The third-order valence-corrected chi connectivity index (χ3v) is 5.41. The van der Waals surface area contributed by atoms with Crippen LogP contribution in [-0.2, 0) is 0 Å². The number of nitrogens with one attached hydrogen (secondary N) is 1. The lowest BCUT2D eigenvalue weighted by atomic mass is 9.75. The van der Waals surface area contributed by atoms with Gasteiger partial charge in [-0.2, -0.15) is 0 Å². The zero-order chi connectivity index (χ0) is 18.4. The van der Waals surface area contributed by atoms with Gasteiger partial charge in [0.1, 0.15) is 0 Å². The highest BCUT2D eigenvalue weighted by atomic mass is 16.6. The molecule has 0 fully saturated rings. The van der Waals surface area contributed by atoms with Gasteiger partial charge in [-0.05, 0) is 36.0 Å². The van der Waals surface area contributed by atoms with E-state index < -0.39 is 5.97 Å². The summed E-state index contributed by atoms with van der Waals surface area (Å²) in [4.78, 5) is 22.2. The Morgan fingerprint density at radius 3 is 2.58 bits per heavy atom. The van der Waals surface area contributed by atoms with Gasteiger partial charge in [-0.3, -0.25) is 10.1 Å². The lowest BCUT2D eigenvalue weighted by Crippen LogP contribution is -2.30. The normalized spacial score (nSPS) is 23.0. The number of carbonyl (C=O) groups excluding carboxylic acids is 1. The zero-order valence-corrected chi connectivity index (χ0v) is 14.1. The molecule has 1 aliphatic heterocycles. The van der Waals surface area contributed by atoms with E-state index in [4.69, 9.17) is 0 Å². The first-order chi connectivity index (χ1) is 12.5. The molecule has 2 aromatic carbocycles. The topological polar surface area (TPSA) is 95.3 Å². The number of nitro groups is 1. The van der Waals surface area contributed by atoms with E-state index in [0.717, 1.165) is 28.8 Å². The van der Waals surface area contributed by atoms with Crippen molar-refractivity contribution in [3.63, 3.8) is 0 Å². The van der Waals surface area contributed by atoms with Crippen molar-refractivity contribution < 1.29 is 14.8 Å². The Morgan fingerprint density at radius 2 is 1.92 bits per heavy atom. The molecule has 0 radical (unpaired) electrons. The summed E-state index contributed by atoms with van der Waals surface area (Å²) < 4.78 is 0. The van der Waals surface area contributed by atoms with E-state index in [1.807, 2.05) is 6.92 Å². The largest absolute Gasteiger partial charge is 0.545 e. The smallest absolute Gasteiger partial charge is 0.275 e.